The highest BCUT2D eigenvalue weighted by Crippen LogP contribution is 2.33. The van der Waals surface area contributed by atoms with E-state index >= 15 is 0 Å². The first-order valence-electron chi connectivity index (χ1n) is 6.86. The predicted molar refractivity (Wildman–Crippen MR) is 80.8 cm³/mol. The molecular formula is C14H21N5O. The molecule has 1 aliphatic rings. The lowest BCUT2D eigenvalue weighted by Gasteiger charge is -2.29. The molecule has 6 heteroatoms. The van der Waals surface area contributed by atoms with E-state index in [-0.39, 0.29) is 12.1 Å². The van der Waals surface area contributed by atoms with E-state index in [4.69, 9.17) is 5.73 Å². The molecule has 0 amide bonds. The van der Waals surface area contributed by atoms with Crippen molar-refractivity contribution in [1.82, 2.24) is 15.1 Å². The molecule has 1 saturated heterocycles. The molecule has 4 N–H and O–H groups in total. The second-order valence-electron chi connectivity index (χ2n) is 5.83. The molecular weight excluding hydrogens is 254 g/mol. The molecule has 1 aliphatic heterocycles. The van der Waals surface area contributed by atoms with Crippen LogP contribution in [0.5, 0.6) is 0 Å². The molecule has 0 spiro atoms. The number of nitrogen functional groups attached to an aromatic ring is 1. The number of benzene rings is 1. The molecule has 1 fully saturated rings. The monoisotopic (exact) mass is 275 g/mol. The number of β-amino-alcohol motifs (C(OH)–C–C–N with tert-alkyl or cyclic N) is 1. The number of aliphatic hydroxyl groups is 1. The zero-order chi connectivity index (χ0) is 14.3. The molecule has 0 aliphatic carbocycles. The number of hydrogen-bond donors (Lipinski definition) is 3. The van der Waals surface area contributed by atoms with E-state index in [1.807, 2.05) is 26.2 Å². The van der Waals surface area contributed by atoms with Crippen LogP contribution < -0.4 is 10.6 Å². The lowest BCUT2D eigenvalue weighted by Crippen LogP contribution is -2.37. The van der Waals surface area contributed by atoms with Crippen molar-refractivity contribution in [2.24, 2.45) is 0 Å². The summed E-state index contributed by atoms with van der Waals surface area (Å²) in [4.78, 5) is 4.35. The van der Waals surface area contributed by atoms with Gasteiger partial charge in [-0.3, -0.25) is 5.10 Å². The van der Waals surface area contributed by atoms with Gasteiger partial charge in [0.2, 0.25) is 0 Å². The molecule has 6 nitrogen and oxygen atoms in total. The highest BCUT2D eigenvalue weighted by molar-refractivity contribution is 5.89. The molecule has 2 unspecified atom stereocenters. The van der Waals surface area contributed by atoms with Gasteiger partial charge in [-0.05, 0) is 32.6 Å². The molecule has 0 bridgehead atoms. The second kappa shape index (κ2) is 4.96. The van der Waals surface area contributed by atoms with Crippen LogP contribution in [-0.2, 0) is 0 Å². The summed E-state index contributed by atoms with van der Waals surface area (Å²) in [6.07, 6.45) is 2.25. The Morgan fingerprint density at radius 1 is 1.50 bits per heavy atom. The van der Waals surface area contributed by atoms with Gasteiger partial charge in [-0.1, -0.05) is 0 Å². The summed E-state index contributed by atoms with van der Waals surface area (Å²) < 4.78 is 0. The first-order valence-corrected chi connectivity index (χ1v) is 6.86. The summed E-state index contributed by atoms with van der Waals surface area (Å²) in [7, 11) is 4.09. The maximum absolute atomic E-state index is 9.99. The fourth-order valence-electron chi connectivity index (χ4n) is 3.03. The van der Waals surface area contributed by atoms with Crippen LogP contribution in [0.2, 0.25) is 0 Å². The van der Waals surface area contributed by atoms with E-state index in [2.05, 4.69) is 20.0 Å². The van der Waals surface area contributed by atoms with Crippen LogP contribution >= 0.6 is 0 Å². The highest BCUT2D eigenvalue weighted by Gasteiger charge is 2.32. The van der Waals surface area contributed by atoms with Crippen LogP contribution in [0.1, 0.15) is 6.42 Å². The van der Waals surface area contributed by atoms with Gasteiger partial charge in [0.15, 0.2) is 0 Å². The van der Waals surface area contributed by atoms with Crippen molar-refractivity contribution < 1.29 is 5.11 Å². The van der Waals surface area contributed by atoms with Gasteiger partial charge in [-0.2, -0.15) is 5.10 Å². The van der Waals surface area contributed by atoms with Crippen molar-refractivity contribution in [3.05, 3.63) is 18.3 Å². The summed E-state index contributed by atoms with van der Waals surface area (Å²) in [5, 5.41) is 18.0. The topological polar surface area (TPSA) is 81.4 Å². The van der Waals surface area contributed by atoms with E-state index in [0.29, 0.717) is 6.54 Å². The van der Waals surface area contributed by atoms with Gasteiger partial charge < -0.3 is 20.6 Å². The maximum Gasteiger partial charge on any atom is 0.0735 e. The van der Waals surface area contributed by atoms with Crippen LogP contribution in [0.25, 0.3) is 10.9 Å². The summed E-state index contributed by atoms with van der Waals surface area (Å²) in [6.45, 7) is 1.53. The minimum Gasteiger partial charge on any atom is -0.397 e. The standard InChI is InChI=1S/C14H21N5O/c1-18(2)7-10-4-11(20)8-19(10)14-5-13-9(3-12(14)15)6-16-17-13/h3,5-6,10-11,20H,4,7-8,15H2,1-2H3,(H,16,17). The first-order chi connectivity index (χ1) is 9.54. The number of nitrogens with one attached hydrogen (secondary N) is 1. The number of nitrogens with zero attached hydrogens (tertiary/aromatic N) is 3. The van der Waals surface area contributed by atoms with E-state index in [9.17, 15) is 5.11 Å². The number of nitrogens with two attached hydrogens (primary N) is 1. The quantitative estimate of drug-likeness (QED) is 0.716. The van der Waals surface area contributed by atoms with Crippen molar-refractivity contribution >= 4 is 22.3 Å². The number of anilines is 2. The molecule has 1 aromatic carbocycles. The number of likely N-dealkylation sites (N-methyl/N-ethyl adjacent to an activating group) is 1. The molecule has 2 aromatic rings. The summed E-state index contributed by atoms with van der Waals surface area (Å²) in [5.74, 6) is 0. The smallest absolute Gasteiger partial charge is 0.0735 e. The largest absolute Gasteiger partial charge is 0.397 e. The van der Waals surface area contributed by atoms with Crippen LogP contribution in [0.4, 0.5) is 11.4 Å². The van der Waals surface area contributed by atoms with Gasteiger partial charge in [-0.25, -0.2) is 0 Å². The van der Waals surface area contributed by atoms with Gasteiger partial charge in [-0.15, -0.1) is 0 Å². The molecule has 1 aromatic heterocycles. The third-order valence-electron chi connectivity index (χ3n) is 3.87. The number of fused-ring (bicyclic) bond motifs is 1. The minimum absolute atomic E-state index is 0.280. The van der Waals surface area contributed by atoms with Gasteiger partial charge >= 0.3 is 0 Å². The van der Waals surface area contributed by atoms with Crippen molar-refractivity contribution in [2.75, 3.05) is 37.8 Å². The van der Waals surface area contributed by atoms with Gasteiger partial charge in [0.1, 0.15) is 0 Å². The normalized spacial score (nSPS) is 23.1. The van der Waals surface area contributed by atoms with Crippen LogP contribution in [0, 0.1) is 0 Å². The maximum atomic E-state index is 9.99. The average molecular weight is 275 g/mol. The molecule has 3 rings (SSSR count). The number of aromatic nitrogens is 2. The van der Waals surface area contributed by atoms with Crippen molar-refractivity contribution in [1.29, 1.82) is 0 Å². The summed E-state index contributed by atoms with van der Waals surface area (Å²) in [5.41, 5.74) is 8.87. The molecule has 108 valence electrons. The summed E-state index contributed by atoms with van der Waals surface area (Å²) in [6, 6.07) is 4.24. The van der Waals surface area contributed by atoms with Crippen molar-refractivity contribution in [2.45, 2.75) is 18.6 Å². The van der Waals surface area contributed by atoms with Gasteiger partial charge in [0.05, 0.1) is 29.2 Å². The zero-order valence-electron chi connectivity index (χ0n) is 11.9. The van der Waals surface area contributed by atoms with Crippen LogP contribution in [0.3, 0.4) is 0 Å². The predicted octanol–water partition coefficient (Wildman–Crippen LogP) is 0.646. The van der Waals surface area contributed by atoms with Gasteiger partial charge in [0, 0.05) is 24.5 Å². The zero-order valence-corrected chi connectivity index (χ0v) is 11.9. The first kappa shape index (κ1) is 13.2. The Bertz CT molecular complexity index is 609. The Kier molecular flexibility index (Phi) is 3.27. The minimum atomic E-state index is -0.295. The Morgan fingerprint density at radius 3 is 3.05 bits per heavy atom. The lowest BCUT2D eigenvalue weighted by molar-refractivity contribution is 0.191. The van der Waals surface area contributed by atoms with Crippen LogP contribution in [-0.4, -0.2) is 59.5 Å². The van der Waals surface area contributed by atoms with E-state index < -0.39 is 0 Å². The average Bonchev–Trinajstić information content (AvgIpc) is 2.93. The second-order valence-corrected chi connectivity index (χ2v) is 5.83. The molecule has 2 atom stereocenters. The van der Waals surface area contributed by atoms with E-state index in [1.165, 1.54) is 0 Å². The highest BCUT2D eigenvalue weighted by atomic mass is 16.3. The Hall–Kier alpha value is -1.79. The molecule has 2 heterocycles. The SMILES string of the molecule is CN(C)CC1CC(O)CN1c1cc2[nH]ncc2cc1N. The Labute approximate surface area is 118 Å². The number of aliphatic hydroxyl groups excluding tert-OH is 1. The molecule has 0 radical (unpaired) electrons. The summed E-state index contributed by atoms with van der Waals surface area (Å²) >= 11 is 0. The number of hydrogen-bond acceptors (Lipinski definition) is 5. The van der Waals surface area contributed by atoms with Crippen molar-refractivity contribution in [3.63, 3.8) is 0 Å². The number of aromatic amines is 1. The third-order valence-corrected chi connectivity index (χ3v) is 3.87. The van der Waals surface area contributed by atoms with Gasteiger partial charge in [0.25, 0.3) is 0 Å². The Balaban J connectivity index is 1.97. The number of H-pyrrole nitrogens is 1. The fourth-order valence-corrected chi connectivity index (χ4v) is 3.03. The molecule has 20 heavy (non-hydrogen) atoms. The van der Waals surface area contributed by atoms with Crippen LogP contribution in [0.15, 0.2) is 18.3 Å². The lowest BCUT2D eigenvalue weighted by atomic mass is 10.1. The van der Waals surface area contributed by atoms with E-state index in [1.54, 1.807) is 6.20 Å². The number of rotatable bonds is 3. The third kappa shape index (κ3) is 2.32. The molecule has 0 saturated carbocycles. The van der Waals surface area contributed by atoms with E-state index in [0.717, 1.165) is 35.2 Å². The Morgan fingerprint density at radius 2 is 2.30 bits per heavy atom. The fraction of sp³-hybridized carbons (Fsp3) is 0.500. The van der Waals surface area contributed by atoms with Crippen molar-refractivity contribution in [3.8, 4) is 0 Å².